The summed E-state index contributed by atoms with van der Waals surface area (Å²) in [7, 11) is 1.60. The van der Waals surface area contributed by atoms with E-state index in [9.17, 15) is 4.79 Å². The van der Waals surface area contributed by atoms with Gasteiger partial charge in [0.05, 0.1) is 12.8 Å². The molecular formula is C17H20ClN5O2. The maximum Gasteiger partial charge on any atom is 0.229 e. The lowest BCUT2D eigenvalue weighted by Gasteiger charge is -2.33. The monoisotopic (exact) mass is 361 g/mol. The minimum atomic E-state index is 0.480. The fourth-order valence-corrected chi connectivity index (χ4v) is 2.90. The Hall–Kier alpha value is -2.54. The highest BCUT2D eigenvalue weighted by atomic mass is 35.5. The molecule has 25 heavy (non-hydrogen) atoms. The third-order valence-electron chi connectivity index (χ3n) is 4.04. The van der Waals surface area contributed by atoms with Crippen molar-refractivity contribution in [1.29, 1.82) is 0 Å². The van der Waals surface area contributed by atoms with Crippen LogP contribution in [0.5, 0.6) is 5.75 Å². The van der Waals surface area contributed by atoms with Gasteiger partial charge in [-0.15, -0.1) is 0 Å². The zero-order valence-corrected chi connectivity index (χ0v) is 15.0. The van der Waals surface area contributed by atoms with Crippen LogP contribution in [0, 0.1) is 6.92 Å². The third-order valence-corrected chi connectivity index (χ3v) is 4.27. The molecule has 1 aromatic carbocycles. The molecule has 1 aliphatic heterocycles. The molecule has 1 amide bonds. The SMILES string of the molecule is COc1ccc(Cl)cc1Nc1nc(C)cc(N2CCN(C=O)CC2)n1. The summed E-state index contributed by atoms with van der Waals surface area (Å²) in [6, 6.07) is 7.27. The number of aryl methyl sites for hydroxylation is 1. The minimum Gasteiger partial charge on any atom is -0.495 e. The lowest BCUT2D eigenvalue weighted by molar-refractivity contribution is -0.118. The Kier molecular flexibility index (Phi) is 5.23. The number of nitrogens with one attached hydrogen (secondary N) is 1. The van der Waals surface area contributed by atoms with E-state index in [4.69, 9.17) is 16.3 Å². The number of halogens is 1. The Bertz CT molecular complexity index is 763. The minimum absolute atomic E-state index is 0.480. The van der Waals surface area contributed by atoms with Crippen molar-refractivity contribution in [3.05, 3.63) is 35.0 Å². The van der Waals surface area contributed by atoms with Gasteiger partial charge in [-0.05, 0) is 25.1 Å². The molecule has 0 atom stereocenters. The Balaban J connectivity index is 1.83. The van der Waals surface area contributed by atoms with E-state index < -0.39 is 0 Å². The number of hydrogen-bond acceptors (Lipinski definition) is 6. The predicted molar refractivity (Wildman–Crippen MR) is 97.9 cm³/mol. The summed E-state index contributed by atoms with van der Waals surface area (Å²) in [6.45, 7) is 4.80. The van der Waals surface area contributed by atoms with Gasteiger partial charge in [-0.2, -0.15) is 4.98 Å². The zero-order valence-electron chi connectivity index (χ0n) is 14.2. The Morgan fingerprint density at radius 1 is 1.20 bits per heavy atom. The van der Waals surface area contributed by atoms with Crippen LogP contribution >= 0.6 is 11.6 Å². The second-order valence-electron chi connectivity index (χ2n) is 5.79. The first-order chi connectivity index (χ1) is 12.1. The molecule has 132 valence electrons. The first kappa shape index (κ1) is 17.3. The number of methoxy groups -OCH3 is 1. The summed E-state index contributed by atoms with van der Waals surface area (Å²) < 4.78 is 5.35. The van der Waals surface area contributed by atoms with Crippen molar-refractivity contribution >= 4 is 35.5 Å². The molecule has 3 rings (SSSR count). The molecule has 2 heterocycles. The van der Waals surface area contributed by atoms with Gasteiger partial charge in [0.2, 0.25) is 12.4 Å². The van der Waals surface area contributed by atoms with Crippen LogP contribution in [-0.2, 0) is 4.79 Å². The fourth-order valence-electron chi connectivity index (χ4n) is 2.72. The van der Waals surface area contributed by atoms with Crippen LogP contribution in [0.4, 0.5) is 17.5 Å². The number of rotatable bonds is 5. The van der Waals surface area contributed by atoms with Crippen LogP contribution in [-0.4, -0.2) is 54.6 Å². The Morgan fingerprint density at radius 2 is 1.96 bits per heavy atom. The number of benzene rings is 1. The highest BCUT2D eigenvalue weighted by Gasteiger charge is 2.18. The molecule has 2 aromatic rings. The quantitative estimate of drug-likeness (QED) is 0.825. The number of carbonyl (C=O) groups is 1. The Labute approximate surface area is 151 Å². The summed E-state index contributed by atoms with van der Waals surface area (Å²) in [5.74, 6) is 1.98. The van der Waals surface area contributed by atoms with E-state index in [0.717, 1.165) is 31.0 Å². The molecule has 1 aromatic heterocycles. The number of hydrogen-bond donors (Lipinski definition) is 1. The molecule has 0 bridgehead atoms. The van der Waals surface area contributed by atoms with Crippen molar-refractivity contribution in [2.45, 2.75) is 6.92 Å². The van der Waals surface area contributed by atoms with Gasteiger partial charge in [-0.25, -0.2) is 4.98 Å². The lowest BCUT2D eigenvalue weighted by atomic mass is 10.3. The van der Waals surface area contributed by atoms with Gasteiger partial charge in [0.25, 0.3) is 0 Å². The number of anilines is 3. The molecule has 1 aliphatic rings. The maximum absolute atomic E-state index is 10.9. The smallest absolute Gasteiger partial charge is 0.229 e. The van der Waals surface area contributed by atoms with Gasteiger partial charge < -0.3 is 19.9 Å². The van der Waals surface area contributed by atoms with Crippen LogP contribution in [0.3, 0.4) is 0 Å². The molecule has 0 radical (unpaired) electrons. The first-order valence-electron chi connectivity index (χ1n) is 7.99. The van der Waals surface area contributed by atoms with Gasteiger partial charge in [-0.3, -0.25) is 4.79 Å². The van der Waals surface area contributed by atoms with Gasteiger partial charge in [-0.1, -0.05) is 11.6 Å². The van der Waals surface area contributed by atoms with Crippen molar-refractivity contribution in [3.8, 4) is 5.75 Å². The number of piperazine rings is 1. The average molecular weight is 362 g/mol. The molecule has 0 saturated carbocycles. The van der Waals surface area contributed by atoms with E-state index in [1.807, 2.05) is 13.0 Å². The molecule has 7 nitrogen and oxygen atoms in total. The molecule has 8 heteroatoms. The van der Waals surface area contributed by atoms with Crippen molar-refractivity contribution < 1.29 is 9.53 Å². The van der Waals surface area contributed by atoms with E-state index >= 15 is 0 Å². The lowest BCUT2D eigenvalue weighted by Crippen LogP contribution is -2.46. The van der Waals surface area contributed by atoms with Crippen LogP contribution in [0.25, 0.3) is 0 Å². The summed E-state index contributed by atoms with van der Waals surface area (Å²) in [5.41, 5.74) is 1.56. The van der Waals surface area contributed by atoms with Crippen LogP contribution in [0.2, 0.25) is 5.02 Å². The normalized spacial score (nSPS) is 14.4. The predicted octanol–water partition coefficient (Wildman–Crippen LogP) is 2.47. The number of carbonyl (C=O) groups excluding carboxylic acids is 1. The third kappa shape index (κ3) is 4.11. The number of amides is 1. The van der Waals surface area contributed by atoms with Crippen molar-refractivity contribution in [3.63, 3.8) is 0 Å². The Morgan fingerprint density at radius 3 is 2.64 bits per heavy atom. The van der Waals surface area contributed by atoms with E-state index in [1.54, 1.807) is 30.2 Å². The highest BCUT2D eigenvalue weighted by Crippen LogP contribution is 2.30. The fraction of sp³-hybridized carbons (Fsp3) is 0.353. The van der Waals surface area contributed by atoms with Crippen molar-refractivity contribution in [2.75, 3.05) is 43.5 Å². The number of nitrogens with zero attached hydrogens (tertiary/aromatic N) is 4. The van der Waals surface area contributed by atoms with E-state index in [0.29, 0.717) is 35.5 Å². The zero-order chi connectivity index (χ0) is 17.8. The van der Waals surface area contributed by atoms with Gasteiger partial charge >= 0.3 is 0 Å². The molecule has 1 saturated heterocycles. The molecule has 1 fully saturated rings. The molecular weight excluding hydrogens is 342 g/mol. The van der Waals surface area contributed by atoms with Crippen molar-refractivity contribution in [2.24, 2.45) is 0 Å². The van der Waals surface area contributed by atoms with E-state index in [1.165, 1.54) is 0 Å². The first-order valence-corrected chi connectivity index (χ1v) is 8.37. The topological polar surface area (TPSA) is 70.6 Å². The summed E-state index contributed by atoms with van der Waals surface area (Å²) in [6.07, 6.45) is 0.890. The summed E-state index contributed by atoms with van der Waals surface area (Å²) in [5, 5.41) is 3.78. The van der Waals surface area contributed by atoms with Crippen molar-refractivity contribution in [1.82, 2.24) is 14.9 Å². The number of aromatic nitrogens is 2. The van der Waals surface area contributed by atoms with Crippen LogP contribution < -0.4 is 15.0 Å². The van der Waals surface area contributed by atoms with Gasteiger partial charge in [0, 0.05) is 43.0 Å². The van der Waals surface area contributed by atoms with E-state index in [2.05, 4.69) is 20.2 Å². The van der Waals surface area contributed by atoms with Gasteiger partial charge in [0.1, 0.15) is 11.6 Å². The molecule has 0 unspecified atom stereocenters. The molecule has 0 aliphatic carbocycles. The van der Waals surface area contributed by atoms with Crippen LogP contribution in [0.15, 0.2) is 24.3 Å². The second kappa shape index (κ2) is 7.57. The maximum atomic E-state index is 10.9. The standard InChI is InChI=1S/C17H20ClN5O2/c1-12-9-16(23-7-5-22(11-24)6-8-23)21-17(19-12)20-14-10-13(18)3-4-15(14)25-2/h3-4,9-11H,5-8H2,1-2H3,(H,19,20,21). The number of ether oxygens (including phenoxy) is 1. The summed E-state index contributed by atoms with van der Waals surface area (Å²) in [4.78, 5) is 23.8. The highest BCUT2D eigenvalue weighted by molar-refractivity contribution is 6.31. The second-order valence-corrected chi connectivity index (χ2v) is 6.23. The summed E-state index contributed by atoms with van der Waals surface area (Å²) >= 11 is 6.07. The van der Waals surface area contributed by atoms with Crippen LogP contribution in [0.1, 0.15) is 5.69 Å². The van der Waals surface area contributed by atoms with Gasteiger partial charge in [0.15, 0.2) is 0 Å². The van der Waals surface area contributed by atoms with E-state index in [-0.39, 0.29) is 0 Å². The molecule has 0 spiro atoms. The average Bonchev–Trinajstić information content (AvgIpc) is 2.61. The largest absolute Gasteiger partial charge is 0.495 e. The molecule has 1 N–H and O–H groups in total.